The number of halogens is 3. The zero-order valence-electron chi connectivity index (χ0n) is 20.6. The van der Waals surface area contributed by atoms with E-state index < -0.39 is 35.6 Å². The minimum atomic E-state index is -4.83. The number of hydrogen-bond acceptors (Lipinski definition) is 6. The Morgan fingerprint density at radius 3 is 2.11 bits per heavy atom. The van der Waals surface area contributed by atoms with Crippen LogP contribution in [0.25, 0.3) is 0 Å². The van der Waals surface area contributed by atoms with Gasteiger partial charge in [0.1, 0.15) is 18.0 Å². The molecule has 0 saturated carbocycles. The Morgan fingerprint density at radius 2 is 1.58 bits per heavy atom. The van der Waals surface area contributed by atoms with E-state index >= 15 is 0 Å². The second-order valence-corrected chi connectivity index (χ2v) is 8.78. The molecule has 1 saturated heterocycles. The summed E-state index contributed by atoms with van der Waals surface area (Å²) in [5, 5.41) is 0. The van der Waals surface area contributed by atoms with Gasteiger partial charge >= 0.3 is 18.4 Å². The van der Waals surface area contributed by atoms with Crippen LogP contribution in [0.1, 0.15) is 37.5 Å². The molecule has 2 aromatic rings. The number of imide groups is 1. The zero-order valence-corrected chi connectivity index (χ0v) is 20.6. The van der Waals surface area contributed by atoms with Crippen LogP contribution >= 0.6 is 0 Å². The number of anilines is 1. The quantitative estimate of drug-likeness (QED) is 0.373. The number of ether oxygens (including phenoxy) is 3. The third-order valence-electron chi connectivity index (χ3n) is 5.42. The number of esters is 1. The van der Waals surface area contributed by atoms with Crippen LogP contribution in [0.2, 0.25) is 0 Å². The van der Waals surface area contributed by atoms with E-state index in [1.807, 2.05) is 0 Å². The van der Waals surface area contributed by atoms with Gasteiger partial charge in [0.25, 0.3) is 5.91 Å². The fourth-order valence-electron chi connectivity index (χ4n) is 3.80. The molecule has 1 aliphatic rings. The lowest BCUT2D eigenvalue weighted by Gasteiger charge is -2.26. The van der Waals surface area contributed by atoms with Crippen LogP contribution in [0.15, 0.2) is 36.4 Å². The van der Waals surface area contributed by atoms with E-state index in [1.165, 1.54) is 17.0 Å². The zero-order chi connectivity index (χ0) is 26.8. The van der Waals surface area contributed by atoms with Crippen molar-refractivity contribution < 1.29 is 41.8 Å². The molecule has 0 aromatic heterocycles. The standard InChI is InChI=1S/C25H27F3N2O6/c1-6-34-22(32)24(4,5)36-21-15(2)11-17(12-16(21)3)13-30-20(31)14-29(23(30)33)18-7-9-19(10-8-18)35-25(26,27)28/h7-12H,6,13-14H2,1-5H3. The lowest BCUT2D eigenvalue weighted by atomic mass is 10.0. The van der Waals surface area contributed by atoms with Gasteiger partial charge in [-0.15, -0.1) is 13.2 Å². The summed E-state index contributed by atoms with van der Waals surface area (Å²) in [6.45, 7) is 8.47. The third kappa shape index (κ3) is 6.07. The van der Waals surface area contributed by atoms with E-state index in [1.54, 1.807) is 46.8 Å². The first-order valence-corrected chi connectivity index (χ1v) is 11.2. The second kappa shape index (κ2) is 10.1. The molecule has 0 atom stereocenters. The van der Waals surface area contributed by atoms with E-state index in [0.717, 1.165) is 17.0 Å². The van der Waals surface area contributed by atoms with E-state index in [2.05, 4.69) is 4.74 Å². The van der Waals surface area contributed by atoms with Crippen LogP contribution in [0.3, 0.4) is 0 Å². The highest BCUT2D eigenvalue weighted by Gasteiger charge is 2.38. The average Bonchev–Trinajstić information content (AvgIpc) is 3.04. The SMILES string of the molecule is CCOC(=O)C(C)(C)Oc1c(C)cc(CN2C(=O)CN(c3ccc(OC(F)(F)F)cc3)C2=O)cc1C. The molecule has 0 spiro atoms. The van der Waals surface area contributed by atoms with Crippen molar-refractivity contribution in [2.75, 3.05) is 18.1 Å². The number of nitrogens with zero attached hydrogens (tertiary/aromatic N) is 2. The summed E-state index contributed by atoms with van der Waals surface area (Å²) in [6, 6.07) is 7.64. The fourth-order valence-corrected chi connectivity index (χ4v) is 3.80. The number of amides is 3. The number of carbonyl (C=O) groups is 3. The molecule has 0 bridgehead atoms. The molecular formula is C25H27F3N2O6. The number of benzene rings is 2. The molecule has 11 heteroatoms. The largest absolute Gasteiger partial charge is 0.573 e. The Hall–Kier alpha value is -3.76. The number of aryl methyl sites for hydroxylation is 2. The number of urea groups is 1. The van der Waals surface area contributed by atoms with Crippen LogP contribution in [0.4, 0.5) is 23.7 Å². The van der Waals surface area contributed by atoms with Crippen molar-refractivity contribution in [3.05, 3.63) is 53.1 Å². The predicted molar refractivity (Wildman–Crippen MR) is 124 cm³/mol. The molecule has 8 nitrogen and oxygen atoms in total. The van der Waals surface area contributed by atoms with Crippen molar-refractivity contribution in [3.63, 3.8) is 0 Å². The Bertz CT molecular complexity index is 1140. The number of carbonyl (C=O) groups excluding carboxylic acids is 3. The molecule has 36 heavy (non-hydrogen) atoms. The highest BCUT2D eigenvalue weighted by molar-refractivity contribution is 6.12. The summed E-state index contributed by atoms with van der Waals surface area (Å²) in [5.41, 5.74) is 1.14. The van der Waals surface area contributed by atoms with E-state index in [4.69, 9.17) is 9.47 Å². The predicted octanol–water partition coefficient (Wildman–Crippen LogP) is 4.89. The normalized spacial score (nSPS) is 14.3. The topological polar surface area (TPSA) is 85.4 Å². The van der Waals surface area contributed by atoms with Gasteiger partial charge < -0.3 is 14.2 Å². The van der Waals surface area contributed by atoms with Crippen LogP contribution in [-0.2, 0) is 20.9 Å². The van der Waals surface area contributed by atoms with Crippen molar-refractivity contribution in [2.45, 2.75) is 53.1 Å². The first-order chi connectivity index (χ1) is 16.7. The first kappa shape index (κ1) is 26.8. The fraction of sp³-hybridized carbons (Fsp3) is 0.400. The highest BCUT2D eigenvalue weighted by atomic mass is 19.4. The molecule has 0 unspecified atom stereocenters. The Balaban J connectivity index is 1.74. The summed E-state index contributed by atoms with van der Waals surface area (Å²) in [5.74, 6) is -0.881. The van der Waals surface area contributed by atoms with Gasteiger partial charge in [-0.3, -0.25) is 14.6 Å². The highest BCUT2D eigenvalue weighted by Crippen LogP contribution is 2.31. The van der Waals surface area contributed by atoms with Gasteiger partial charge in [-0.2, -0.15) is 0 Å². The van der Waals surface area contributed by atoms with Crippen molar-refractivity contribution in [3.8, 4) is 11.5 Å². The molecule has 1 fully saturated rings. The van der Waals surface area contributed by atoms with Gasteiger partial charge in [0.05, 0.1) is 13.2 Å². The molecule has 0 aliphatic carbocycles. The van der Waals surface area contributed by atoms with Gasteiger partial charge in [0.2, 0.25) is 0 Å². The van der Waals surface area contributed by atoms with Gasteiger partial charge in [0.15, 0.2) is 5.60 Å². The molecule has 2 aromatic carbocycles. The van der Waals surface area contributed by atoms with Crippen LogP contribution in [0.5, 0.6) is 11.5 Å². The van der Waals surface area contributed by atoms with Crippen molar-refractivity contribution in [1.82, 2.24) is 4.90 Å². The number of rotatable bonds is 8. The Morgan fingerprint density at radius 1 is 1.00 bits per heavy atom. The maximum absolute atomic E-state index is 12.9. The Kier molecular flexibility index (Phi) is 7.51. The molecule has 194 valence electrons. The van der Waals surface area contributed by atoms with Gasteiger partial charge in [-0.05, 0) is 75.6 Å². The van der Waals surface area contributed by atoms with Crippen molar-refractivity contribution in [1.29, 1.82) is 0 Å². The molecule has 3 amide bonds. The molecule has 3 rings (SSSR count). The van der Waals surface area contributed by atoms with Crippen LogP contribution < -0.4 is 14.4 Å². The average molecular weight is 508 g/mol. The number of alkyl halides is 3. The second-order valence-electron chi connectivity index (χ2n) is 8.78. The smallest absolute Gasteiger partial charge is 0.476 e. The minimum Gasteiger partial charge on any atom is -0.476 e. The lowest BCUT2D eigenvalue weighted by molar-refractivity contribution is -0.274. The molecule has 0 N–H and O–H groups in total. The molecule has 1 aliphatic heterocycles. The summed E-state index contributed by atoms with van der Waals surface area (Å²) in [6.07, 6.45) is -4.83. The minimum absolute atomic E-state index is 0.00728. The summed E-state index contributed by atoms with van der Waals surface area (Å²) >= 11 is 0. The van der Waals surface area contributed by atoms with Crippen molar-refractivity contribution in [2.24, 2.45) is 0 Å². The molecule has 0 radical (unpaired) electrons. The third-order valence-corrected chi connectivity index (χ3v) is 5.42. The van der Waals surface area contributed by atoms with Gasteiger partial charge in [-0.1, -0.05) is 12.1 Å². The first-order valence-electron chi connectivity index (χ1n) is 11.2. The maximum atomic E-state index is 12.9. The van der Waals surface area contributed by atoms with E-state index in [9.17, 15) is 27.6 Å². The summed E-state index contributed by atoms with van der Waals surface area (Å²) in [7, 11) is 0. The molecule has 1 heterocycles. The summed E-state index contributed by atoms with van der Waals surface area (Å²) in [4.78, 5) is 40.0. The Labute approximate surface area is 206 Å². The van der Waals surface area contributed by atoms with Gasteiger partial charge in [0, 0.05) is 5.69 Å². The van der Waals surface area contributed by atoms with Crippen LogP contribution in [-0.4, -0.2) is 47.9 Å². The molecular weight excluding hydrogens is 481 g/mol. The maximum Gasteiger partial charge on any atom is 0.573 e. The van der Waals surface area contributed by atoms with Crippen LogP contribution in [0, 0.1) is 13.8 Å². The van der Waals surface area contributed by atoms with E-state index in [-0.39, 0.29) is 25.4 Å². The van der Waals surface area contributed by atoms with Crippen molar-refractivity contribution >= 4 is 23.6 Å². The van der Waals surface area contributed by atoms with Gasteiger partial charge in [-0.25, -0.2) is 9.59 Å². The van der Waals surface area contributed by atoms with E-state index in [0.29, 0.717) is 22.4 Å². The monoisotopic (exact) mass is 508 g/mol. The summed E-state index contributed by atoms with van der Waals surface area (Å²) < 4.78 is 52.0. The number of hydrogen-bond donors (Lipinski definition) is 0. The lowest BCUT2D eigenvalue weighted by Crippen LogP contribution is -2.40.